The van der Waals surface area contributed by atoms with Crippen molar-refractivity contribution in [1.29, 1.82) is 0 Å². The van der Waals surface area contributed by atoms with E-state index >= 15 is 0 Å². The molecule has 0 aromatic heterocycles. The quantitative estimate of drug-likeness (QED) is 0.305. The second kappa shape index (κ2) is 8.88. The van der Waals surface area contributed by atoms with Gasteiger partial charge in [0, 0.05) is 29.6 Å². The first-order valence-electron chi connectivity index (χ1n) is 0.535. The molecule has 0 saturated carbocycles. The predicted octanol–water partition coefficient (Wildman–Crippen LogP) is 0.771. The standard InChI is InChI=1S/CH2ClF.Na/c2-1-3;/h1H2;. The fourth-order valence-corrected chi connectivity index (χ4v) is 0. The minimum absolute atomic E-state index is 0. The van der Waals surface area contributed by atoms with Crippen LogP contribution < -0.4 is 0 Å². The van der Waals surface area contributed by atoms with Crippen molar-refractivity contribution in [2.45, 2.75) is 0 Å². The van der Waals surface area contributed by atoms with Crippen molar-refractivity contribution in [2.75, 3.05) is 6.13 Å². The maximum absolute atomic E-state index is 10.1. The molecule has 0 fully saturated rings. The fraction of sp³-hybridized carbons (Fsp3) is 1.00. The molecule has 0 nitrogen and oxygen atoms in total. The smallest absolute Gasteiger partial charge is 0.163 e. The third kappa shape index (κ3) is 10.7. The minimum atomic E-state index is -0.778. The van der Waals surface area contributed by atoms with Gasteiger partial charge in [0.05, 0.1) is 0 Å². The maximum atomic E-state index is 10.1. The van der Waals surface area contributed by atoms with E-state index in [2.05, 4.69) is 11.6 Å². The van der Waals surface area contributed by atoms with E-state index in [-0.39, 0.29) is 29.6 Å². The van der Waals surface area contributed by atoms with Crippen molar-refractivity contribution >= 4 is 41.2 Å². The monoisotopic (exact) mass is 91.0 g/mol. The van der Waals surface area contributed by atoms with Crippen LogP contribution in [0.3, 0.4) is 0 Å². The third-order valence-electron chi connectivity index (χ3n) is 0. The van der Waals surface area contributed by atoms with Gasteiger partial charge >= 0.3 is 0 Å². The third-order valence-corrected chi connectivity index (χ3v) is 0. The van der Waals surface area contributed by atoms with Crippen LogP contribution in [0.1, 0.15) is 0 Å². The number of hydrogen-bond acceptors (Lipinski definition) is 0. The molecule has 0 aromatic rings. The Hall–Kier alpha value is 1.22. The largest absolute Gasteiger partial charge is 0.234 e. The SMILES string of the molecule is FCCl.[Na]. The summed E-state index contributed by atoms with van der Waals surface area (Å²) in [5, 5.41) is 0. The summed E-state index contributed by atoms with van der Waals surface area (Å²) in [5.74, 6) is 0. The molecule has 1 radical (unpaired) electrons. The predicted molar refractivity (Wildman–Crippen MR) is 17.6 cm³/mol. The molecule has 0 bridgehead atoms. The van der Waals surface area contributed by atoms with E-state index in [4.69, 9.17) is 0 Å². The summed E-state index contributed by atoms with van der Waals surface area (Å²) in [6.07, 6.45) is -0.778. The van der Waals surface area contributed by atoms with Gasteiger partial charge in [0.2, 0.25) is 0 Å². The van der Waals surface area contributed by atoms with Crippen LogP contribution in [0.15, 0.2) is 0 Å². The van der Waals surface area contributed by atoms with Crippen molar-refractivity contribution < 1.29 is 4.39 Å². The van der Waals surface area contributed by atoms with Crippen LogP contribution in [0.4, 0.5) is 4.39 Å². The maximum Gasteiger partial charge on any atom is 0.163 e. The summed E-state index contributed by atoms with van der Waals surface area (Å²) in [4.78, 5) is 0. The van der Waals surface area contributed by atoms with Gasteiger partial charge in [-0.15, -0.1) is 0 Å². The number of hydrogen-bond donors (Lipinski definition) is 0. The van der Waals surface area contributed by atoms with E-state index in [0.29, 0.717) is 0 Å². The van der Waals surface area contributed by atoms with Crippen LogP contribution in [0.5, 0.6) is 0 Å². The number of halogens is 2. The van der Waals surface area contributed by atoms with Gasteiger partial charge in [-0.25, -0.2) is 4.39 Å². The van der Waals surface area contributed by atoms with Crippen LogP contribution >= 0.6 is 11.6 Å². The van der Waals surface area contributed by atoms with Crippen LogP contribution in [-0.2, 0) is 0 Å². The molecule has 0 aliphatic rings. The van der Waals surface area contributed by atoms with E-state index in [1.807, 2.05) is 0 Å². The molecule has 0 aliphatic heterocycles. The van der Waals surface area contributed by atoms with Gasteiger partial charge in [-0.3, -0.25) is 0 Å². The van der Waals surface area contributed by atoms with Crippen molar-refractivity contribution in [3.05, 3.63) is 0 Å². The van der Waals surface area contributed by atoms with Crippen LogP contribution in [0, 0.1) is 0 Å². The summed E-state index contributed by atoms with van der Waals surface area (Å²) in [7, 11) is 0. The molecule has 4 heavy (non-hydrogen) atoms. The minimum Gasteiger partial charge on any atom is -0.234 e. The van der Waals surface area contributed by atoms with Crippen molar-refractivity contribution in [2.24, 2.45) is 0 Å². The summed E-state index contributed by atoms with van der Waals surface area (Å²) in [5.41, 5.74) is 0. The second-order valence-electron chi connectivity index (χ2n) is 0.101. The Labute approximate surface area is 51.6 Å². The topological polar surface area (TPSA) is 0 Å². The van der Waals surface area contributed by atoms with Gasteiger partial charge in [0.15, 0.2) is 6.13 Å². The molecule has 0 saturated heterocycles. The van der Waals surface area contributed by atoms with E-state index in [9.17, 15) is 4.39 Å². The van der Waals surface area contributed by atoms with Crippen LogP contribution in [-0.4, -0.2) is 35.7 Å². The zero-order chi connectivity index (χ0) is 2.71. The first-order valence-corrected chi connectivity index (χ1v) is 1.07. The average Bonchev–Trinajstić information content (AvgIpc) is 0.918. The van der Waals surface area contributed by atoms with Gasteiger partial charge in [0.25, 0.3) is 0 Å². The number of rotatable bonds is 0. The first kappa shape index (κ1) is 8.97. The van der Waals surface area contributed by atoms with E-state index in [1.165, 1.54) is 0 Å². The Bertz CT molecular complexity index is 8.00. The first-order chi connectivity index (χ1) is 1.41. The van der Waals surface area contributed by atoms with Gasteiger partial charge in [-0.1, -0.05) is 11.6 Å². The average molecular weight is 91.5 g/mol. The molecule has 0 N–H and O–H groups in total. The Morgan fingerprint density at radius 2 is 1.75 bits per heavy atom. The molecule has 0 atom stereocenters. The molecular weight excluding hydrogens is 89.5 g/mol. The second-order valence-corrected chi connectivity index (χ2v) is 0.303. The molecular formula is CH2ClFNa. The van der Waals surface area contributed by atoms with Gasteiger partial charge in [-0.2, -0.15) is 0 Å². The van der Waals surface area contributed by atoms with Crippen LogP contribution in [0.25, 0.3) is 0 Å². The van der Waals surface area contributed by atoms with E-state index in [1.54, 1.807) is 0 Å². The summed E-state index contributed by atoms with van der Waals surface area (Å²) in [6.45, 7) is 0. The summed E-state index contributed by atoms with van der Waals surface area (Å²) < 4.78 is 10.1. The van der Waals surface area contributed by atoms with Gasteiger partial charge < -0.3 is 0 Å². The molecule has 0 aromatic carbocycles. The molecule has 0 spiro atoms. The molecule has 0 aliphatic carbocycles. The fourth-order valence-electron chi connectivity index (χ4n) is 0. The number of alkyl halides is 2. The molecule has 21 valence electrons. The zero-order valence-corrected chi connectivity index (χ0v) is 5.22. The van der Waals surface area contributed by atoms with Gasteiger partial charge in [-0.05, 0) is 0 Å². The summed E-state index contributed by atoms with van der Waals surface area (Å²) >= 11 is 4.33. The van der Waals surface area contributed by atoms with E-state index in [0.717, 1.165) is 0 Å². The Kier molecular flexibility index (Phi) is 19.9. The Morgan fingerprint density at radius 3 is 1.75 bits per heavy atom. The van der Waals surface area contributed by atoms with Gasteiger partial charge in [0.1, 0.15) is 0 Å². The Morgan fingerprint density at radius 1 is 1.75 bits per heavy atom. The Balaban J connectivity index is 0. The zero-order valence-electron chi connectivity index (χ0n) is 2.46. The summed E-state index contributed by atoms with van der Waals surface area (Å²) in [6, 6.07) is 0. The molecule has 0 heterocycles. The van der Waals surface area contributed by atoms with Crippen molar-refractivity contribution in [3.8, 4) is 0 Å². The van der Waals surface area contributed by atoms with E-state index < -0.39 is 6.13 Å². The van der Waals surface area contributed by atoms with Crippen molar-refractivity contribution in [3.63, 3.8) is 0 Å². The molecule has 0 unspecified atom stereocenters. The normalized spacial score (nSPS) is 4.50. The van der Waals surface area contributed by atoms with Crippen LogP contribution in [0.2, 0.25) is 0 Å². The van der Waals surface area contributed by atoms with Crippen molar-refractivity contribution in [1.82, 2.24) is 0 Å². The molecule has 0 amide bonds. The molecule has 0 rings (SSSR count). The molecule has 3 heteroatoms.